The van der Waals surface area contributed by atoms with Crippen LogP contribution in [0, 0.1) is 6.92 Å². The van der Waals surface area contributed by atoms with Crippen LogP contribution in [0.3, 0.4) is 0 Å². The van der Waals surface area contributed by atoms with Crippen molar-refractivity contribution in [1.29, 1.82) is 0 Å². The van der Waals surface area contributed by atoms with Crippen LogP contribution < -0.4 is 5.32 Å². The summed E-state index contributed by atoms with van der Waals surface area (Å²) in [5.74, 6) is 0.101. The minimum atomic E-state index is -0.300. The number of hydrogen-bond donors (Lipinski definition) is 1. The molecule has 0 spiro atoms. The second kappa shape index (κ2) is 8.98. The van der Waals surface area contributed by atoms with Crippen molar-refractivity contribution in [2.24, 2.45) is 0 Å². The third-order valence-electron chi connectivity index (χ3n) is 4.73. The molecule has 0 saturated carbocycles. The summed E-state index contributed by atoms with van der Waals surface area (Å²) in [6.45, 7) is 6.10. The molecule has 0 bridgehead atoms. The number of anilines is 1. The van der Waals surface area contributed by atoms with Crippen LogP contribution in [0.2, 0.25) is 5.02 Å². The molecule has 5 heteroatoms. The predicted octanol–water partition coefficient (Wildman–Crippen LogP) is 5.87. The van der Waals surface area contributed by atoms with Gasteiger partial charge in [-0.25, -0.2) is 4.98 Å². The van der Waals surface area contributed by atoms with Crippen LogP contribution in [0.1, 0.15) is 47.3 Å². The number of nitrogens with zero attached hydrogens (tertiary/aromatic N) is 2. The lowest BCUT2D eigenvalue weighted by Gasteiger charge is -2.10. The number of fused-ring (bicyclic) bond motifs is 1. The third-order valence-corrected chi connectivity index (χ3v) is 5.06. The summed E-state index contributed by atoms with van der Waals surface area (Å²) in [5.41, 5.74) is 6.38. The van der Waals surface area contributed by atoms with E-state index in [2.05, 4.69) is 34.3 Å². The van der Waals surface area contributed by atoms with Gasteiger partial charge >= 0.3 is 0 Å². The molecular weight excluding hydrogens is 370 g/mol. The molecule has 1 amide bonds. The maximum atomic E-state index is 12.3. The largest absolute Gasteiger partial charge is 0.305 e. The normalized spacial score (nSPS) is 12.0. The van der Waals surface area contributed by atoms with E-state index in [4.69, 9.17) is 11.6 Å². The zero-order chi connectivity index (χ0) is 20.1. The van der Waals surface area contributed by atoms with Crippen molar-refractivity contribution in [2.45, 2.75) is 40.0 Å². The summed E-state index contributed by atoms with van der Waals surface area (Å²) in [5, 5.41) is 3.14. The quantitative estimate of drug-likeness (QED) is 0.605. The lowest BCUT2D eigenvalue weighted by molar-refractivity contribution is 0.102. The van der Waals surface area contributed by atoms with Crippen molar-refractivity contribution in [1.82, 2.24) is 9.97 Å². The number of hydrogen-bond acceptors (Lipinski definition) is 3. The van der Waals surface area contributed by atoms with Crippen LogP contribution in [-0.2, 0) is 12.8 Å². The van der Waals surface area contributed by atoms with Crippen molar-refractivity contribution in [3.63, 3.8) is 0 Å². The Morgan fingerprint density at radius 1 is 1.04 bits per heavy atom. The Bertz CT molecular complexity index is 984. The number of amides is 1. The molecule has 2 aromatic carbocycles. The summed E-state index contributed by atoms with van der Waals surface area (Å²) in [6, 6.07) is 11.4. The summed E-state index contributed by atoms with van der Waals surface area (Å²) >= 11 is 6.06. The van der Waals surface area contributed by atoms with Gasteiger partial charge in [0.15, 0.2) is 5.82 Å². The van der Waals surface area contributed by atoms with Crippen molar-refractivity contribution in [2.75, 3.05) is 5.32 Å². The van der Waals surface area contributed by atoms with Gasteiger partial charge in [0.25, 0.3) is 5.91 Å². The second-order valence-electron chi connectivity index (χ2n) is 6.51. The number of carbonyl (C=O) groups is 1. The minimum absolute atomic E-state index is 0.300. The van der Waals surface area contributed by atoms with E-state index in [1.165, 1.54) is 23.1 Å². The first-order valence-electron chi connectivity index (χ1n) is 9.62. The van der Waals surface area contributed by atoms with Crippen LogP contribution in [0.4, 0.5) is 5.82 Å². The molecule has 4 rings (SSSR count). The zero-order valence-corrected chi connectivity index (χ0v) is 17.2. The molecule has 3 aromatic rings. The van der Waals surface area contributed by atoms with E-state index in [1.807, 2.05) is 13.8 Å². The topological polar surface area (TPSA) is 54.9 Å². The van der Waals surface area contributed by atoms with Crippen molar-refractivity contribution in [3.8, 4) is 11.3 Å². The van der Waals surface area contributed by atoms with Crippen LogP contribution >= 0.6 is 11.6 Å². The number of benzene rings is 2. The zero-order valence-electron chi connectivity index (χ0n) is 16.4. The Labute approximate surface area is 171 Å². The van der Waals surface area contributed by atoms with Gasteiger partial charge in [0.05, 0.1) is 28.7 Å². The third kappa shape index (κ3) is 4.23. The molecule has 4 nitrogen and oxygen atoms in total. The lowest BCUT2D eigenvalue weighted by Crippen LogP contribution is -2.13. The first-order valence-corrected chi connectivity index (χ1v) is 10.0. The molecule has 1 aromatic heterocycles. The Balaban J connectivity index is 0.00000109. The smallest absolute Gasteiger partial charge is 0.258 e. The fourth-order valence-electron chi connectivity index (χ4n) is 3.38. The Hall–Kier alpha value is -2.72. The van der Waals surface area contributed by atoms with E-state index in [0.717, 1.165) is 24.1 Å². The van der Waals surface area contributed by atoms with Gasteiger partial charge in [-0.3, -0.25) is 9.78 Å². The number of rotatable bonds is 3. The Kier molecular flexibility index (Phi) is 6.42. The summed E-state index contributed by atoms with van der Waals surface area (Å²) < 4.78 is 0. The molecule has 0 saturated heterocycles. The predicted molar refractivity (Wildman–Crippen MR) is 115 cm³/mol. The van der Waals surface area contributed by atoms with E-state index in [-0.39, 0.29) is 5.91 Å². The molecule has 0 fully saturated rings. The summed E-state index contributed by atoms with van der Waals surface area (Å²) in [4.78, 5) is 21.2. The highest BCUT2D eigenvalue weighted by molar-refractivity contribution is 6.34. The highest BCUT2D eigenvalue weighted by atomic mass is 35.5. The SMILES string of the molecule is CC.Cc1cc2c(cc1-c1cnc(NC(=O)c3ccccc3Cl)cn1)CCC2. The number of aryl methyl sites for hydroxylation is 3. The monoisotopic (exact) mass is 393 g/mol. The van der Waals surface area contributed by atoms with Crippen molar-refractivity contribution < 1.29 is 4.79 Å². The molecule has 0 aliphatic heterocycles. The van der Waals surface area contributed by atoms with Gasteiger partial charge in [0.1, 0.15) is 0 Å². The fraction of sp³-hybridized carbons (Fsp3) is 0.261. The molecule has 0 unspecified atom stereocenters. The van der Waals surface area contributed by atoms with Gasteiger partial charge in [-0.05, 0) is 61.1 Å². The second-order valence-corrected chi connectivity index (χ2v) is 6.92. The average molecular weight is 394 g/mol. The molecule has 28 heavy (non-hydrogen) atoms. The molecule has 0 radical (unpaired) electrons. The van der Waals surface area contributed by atoms with E-state index in [0.29, 0.717) is 16.4 Å². The highest BCUT2D eigenvalue weighted by Gasteiger charge is 2.15. The first kappa shape index (κ1) is 20.0. The maximum absolute atomic E-state index is 12.3. The number of aromatic nitrogens is 2. The number of carbonyl (C=O) groups excluding carboxylic acids is 1. The van der Waals surface area contributed by atoms with E-state index in [1.54, 1.807) is 36.7 Å². The van der Waals surface area contributed by atoms with Crippen LogP contribution in [0.25, 0.3) is 11.3 Å². The Morgan fingerprint density at radius 2 is 1.75 bits per heavy atom. The van der Waals surface area contributed by atoms with E-state index >= 15 is 0 Å². The molecule has 144 valence electrons. The van der Waals surface area contributed by atoms with Crippen LogP contribution in [0.5, 0.6) is 0 Å². The maximum Gasteiger partial charge on any atom is 0.258 e. The molecule has 1 heterocycles. The van der Waals surface area contributed by atoms with Crippen molar-refractivity contribution in [3.05, 3.63) is 76.1 Å². The number of halogens is 1. The molecule has 0 atom stereocenters. The van der Waals surface area contributed by atoms with Crippen molar-refractivity contribution >= 4 is 23.3 Å². The average Bonchev–Trinajstić information content (AvgIpc) is 3.17. The van der Waals surface area contributed by atoms with Gasteiger partial charge in [-0.2, -0.15) is 0 Å². The van der Waals surface area contributed by atoms with Gasteiger partial charge < -0.3 is 5.32 Å². The van der Waals surface area contributed by atoms with Crippen LogP contribution in [0.15, 0.2) is 48.8 Å². The molecule has 1 aliphatic carbocycles. The first-order chi connectivity index (χ1) is 13.6. The summed E-state index contributed by atoms with van der Waals surface area (Å²) in [6.07, 6.45) is 6.79. The molecule has 1 aliphatic rings. The van der Waals surface area contributed by atoms with Crippen LogP contribution in [-0.4, -0.2) is 15.9 Å². The van der Waals surface area contributed by atoms with Gasteiger partial charge in [0.2, 0.25) is 0 Å². The van der Waals surface area contributed by atoms with Gasteiger partial charge in [-0.15, -0.1) is 0 Å². The lowest BCUT2D eigenvalue weighted by atomic mass is 9.99. The minimum Gasteiger partial charge on any atom is -0.305 e. The van der Waals surface area contributed by atoms with E-state index < -0.39 is 0 Å². The summed E-state index contributed by atoms with van der Waals surface area (Å²) in [7, 11) is 0. The molecular formula is C23H24ClN3O. The molecule has 1 N–H and O–H groups in total. The Morgan fingerprint density at radius 3 is 2.43 bits per heavy atom. The number of nitrogens with one attached hydrogen (secondary N) is 1. The van der Waals surface area contributed by atoms with Gasteiger partial charge in [0, 0.05) is 5.56 Å². The standard InChI is InChI=1S/C21H18ClN3O.C2H6/c1-13-9-14-5-4-6-15(14)10-17(13)19-11-24-20(12-23-19)25-21(26)16-7-2-3-8-18(16)22;1-2/h2-3,7-12H,4-6H2,1H3,(H,24,25,26);1-2H3. The fourth-order valence-corrected chi connectivity index (χ4v) is 3.61. The van der Waals surface area contributed by atoms with Gasteiger partial charge in [-0.1, -0.05) is 43.6 Å². The van der Waals surface area contributed by atoms with E-state index in [9.17, 15) is 4.79 Å². The highest BCUT2D eigenvalue weighted by Crippen LogP contribution is 2.30.